The first-order valence-corrected chi connectivity index (χ1v) is 6.01. The number of methoxy groups -OCH3 is 1. The Bertz CT molecular complexity index is 424. The first-order valence-electron chi connectivity index (χ1n) is 4.93. The first kappa shape index (κ1) is 11.6. The van der Waals surface area contributed by atoms with Crippen molar-refractivity contribution in [3.63, 3.8) is 0 Å². The van der Waals surface area contributed by atoms with E-state index in [2.05, 4.69) is 32.4 Å². The molecule has 1 saturated carbocycles. The number of hydrogen-bond acceptors (Lipinski definition) is 4. The molecule has 0 unspecified atom stereocenters. The second kappa shape index (κ2) is 4.52. The van der Waals surface area contributed by atoms with E-state index in [1.807, 2.05) is 6.20 Å². The van der Waals surface area contributed by atoms with Crippen molar-refractivity contribution in [2.75, 3.05) is 7.11 Å². The van der Waals surface area contributed by atoms with Crippen molar-refractivity contribution in [1.82, 2.24) is 9.78 Å². The van der Waals surface area contributed by atoms with Crippen LogP contribution in [0.2, 0.25) is 0 Å². The fraction of sp³-hybridized carbons (Fsp3) is 0.500. The van der Waals surface area contributed by atoms with Gasteiger partial charge < -0.3 is 4.74 Å². The summed E-state index contributed by atoms with van der Waals surface area (Å²) in [5, 5.41) is 4.16. The number of halogens is 1. The zero-order chi connectivity index (χ0) is 11.7. The van der Waals surface area contributed by atoms with Crippen LogP contribution in [0.5, 0.6) is 0 Å². The van der Waals surface area contributed by atoms with Gasteiger partial charge in [-0.15, -0.1) is 0 Å². The van der Waals surface area contributed by atoms with Crippen LogP contribution >= 0.6 is 22.6 Å². The van der Waals surface area contributed by atoms with Gasteiger partial charge in [-0.05, 0) is 35.4 Å². The molecule has 1 aromatic heterocycles. The summed E-state index contributed by atoms with van der Waals surface area (Å²) in [6.07, 6.45) is 4.06. The Labute approximate surface area is 106 Å². The lowest BCUT2D eigenvalue weighted by atomic mass is 9.80. The summed E-state index contributed by atoms with van der Waals surface area (Å²) in [7, 11) is 1.40. The highest BCUT2D eigenvalue weighted by atomic mass is 127. The van der Waals surface area contributed by atoms with Gasteiger partial charge in [0, 0.05) is 6.20 Å². The monoisotopic (exact) mass is 334 g/mol. The second-order valence-corrected chi connectivity index (χ2v) is 4.97. The molecule has 16 heavy (non-hydrogen) atoms. The fourth-order valence-electron chi connectivity index (χ4n) is 1.81. The lowest BCUT2D eigenvalue weighted by Crippen LogP contribution is -2.33. The van der Waals surface area contributed by atoms with Crippen LogP contribution < -0.4 is 0 Å². The average molecular weight is 334 g/mol. The van der Waals surface area contributed by atoms with Gasteiger partial charge in [-0.3, -0.25) is 14.3 Å². The molecular formula is C10H11IN2O3. The standard InChI is InChI=1S/C10H11IN2O3/c1-16-10(15)6-2-7(3-6)13-4-8(11)9(5-14)12-13/h4-7H,2-3H2,1H3. The number of nitrogens with zero attached hydrogens (tertiary/aromatic N) is 2. The van der Waals surface area contributed by atoms with Gasteiger partial charge in [0.1, 0.15) is 5.69 Å². The molecule has 1 heterocycles. The van der Waals surface area contributed by atoms with Crippen LogP contribution in [0.25, 0.3) is 0 Å². The van der Waals surface area contributed by atoms with E-state index < -0.39 is 0 Å². The third kappa shape index (κ3) is 1.98. The van der Waals surface area contributed by atoms with Crippen LogP contribution in [0.4, 0.5) is 0 Å². The molecule has 0 atom stereocenters. The SMILES string of the molecule is COC(=O)C1CC(n2cc(I)c(C=O)n2)C1. The zero-order valence-electron chi connectivity index (χ0n) is 8.72. The van der Waals surface area contributed by atoms with Crippen molar-refractivity contribution >= 4 is 34.8 Å². The summed E-state index contributed by atoms with van der Waals surface area (Å²) in [6, 6.07) is 0.214. The highest BCUT2D eigenvalue weighted by molar-refractivity contribution is 14.1. The zero-order valence-corrected chi connectivity index (χ0v) is 10.9. The van der Waals surface area contributed by atoms with Gasteiger partial charge in [-0.1, -0.05) is 0 Å². The topological polar surface area (TPSA) is 61.2 Å². The Kier molecular flexibility index (Phi) is 3.27. The number of aldehydes is 1. The number of aromatic nitrogens is 2. The Morgan fingerprint density at radius 1 is 1.69 bits per heavy atom. The van der Waals surface area contributed by atoms with E-state index in [0.29, 0.717) is 5.69 Å². The molecule has 0 radical (unpaired) electrons. The van der Waals surface area contributed by atoms with Gasteiger partial charge >= 0.3 is 5.97 Å². The lowest BCUT2D eigenvalue weighted by Gasteiger charge is -2.33. The van der Waals surface area contributed by atoms with E-state index >= 15 is 0 Å². The first-order chi connectivity index (χ1) is 7.65. The minimum atomic E-state index is -0.159. The van der Waals surface area contributed by atoms with E-state index in [-0.39, 0.29) is 17.9 Å². The van der Waals surface area contributed by atoms with Gasteiger partial charge in [0.15, 0.2) is 6.29 Å². The Balaban J connectivity index is 2.01. The number of carbonyl (C=O) groups excluding carboxylic acids is 2. The fourth-order valence-corrected chi connectivity index (χ4v) is 2.33. The highest BCUT2D eigenvalue weighted by Crippen LogP contribution is 2.38. The largest absolute Gasteiger partial charge is 0.469 e. The summed E-state index contributed by atoms with van der Waals surface area (Å²) < 4.78 is 7.27. The molecule has 0 aromatic carbocycles. The van der Waals surface area contributed by atoms with Crippen molar-refractivity contribution < 1.29 is 14.3 Å². The number of ether oxygens (including phenoxy) is 1. The Morgan fingerprint density at radius 2 is 2.38 bits per heavy atom. The molecule has 0 amide bonds. The normalized spacial score (nSPS) is 23.6. The maximum Gasteiger partial charge on any atom is 0.308 e. The minimum absolute atomic E-state index is 0.0171. The van der Waals surface area contributed by atoms with Crippen LogP contribution in [0.15, 0.2) is 6.20 Å². The molecule has 0 N–H and O–H groups in total. The van der Waals surface area contributed by atoms with Crippen molar-refractivity contribution in [3.05, 3.63) is 15.5 Å². The third-order valence-corrected chi connectivity index (χ3v) is 3.68. The van der Waals surface area contributed by atoms with Crippen molar-refractivity contribution in [1.29, 1.82) is 0 Å². The molecule has 0 spiro atoms. The van der Waals surface area contributed by atoms with Crippen molar-refractivity contribution in [2.24, 2.45) is 5.92 Å². The molecule has 1 aliphatic carbocycles. The molecule has 86 valence electrons. The van der Waals surface area contributed by atoms with Crippen LogP contribution in [-0.2, 0) is 9.53 Å². The van der Waals surface area contributed by atoms with E-state index in [4.69, 9.17) is 0 Å². The molecule has 0 bridgehead atoms. The number of esters is 1. The molecule has 1 fully saturated rings. The molecule has 0 aliphatic heterocycles. The summed E-state index contributed by atoms with van der Waals surface area (Å²) >= 11 is 2.07. The Morgan fingerprint density at radius 3 is 2.88 bits per heavy atom. The van der Waals surface area contributed by atoms with Gasteiger partial charge in [-0.25, -0.2) is 0 Å². The second-order valence-electron chi connectivity index (χ2n) is 3.81. The summed E-state index contributed by atoms with van der Waals surface area (Å²) in [5.74, 6) is -0.176. The van der Waals surface area contributed by atoms with Crippen LogP contribution in [0.1, 0.15) is 29.4 Å². The smallest absolute Gasteiger partial charge is 0.308 e. The summed E-state index contributed by atoms with van der Waals surface area (Å²) in [5.41, 5.74) is 0.460. The number of carbonyl (C=O) groups is 2. The average Bonchev–Trinajstić information content (AvgIpc) is 2.57. The van der Waals surface area contributed by atoms with Crippen molar-refractivity contribution in [3.8, 4) is 0 Å². The predicted molar refractivity (Wildman–Crippen MR) is 64.1 cm³/mol. The third-order valence-electron chi connectivity index (χ3n) is 2.85. The van der Waals surface area contributed by atoms with Gasteiger partial charge in [0.05, 0.1) is 22.6 Å². The summed E-state index contributed by atoms with van der Waals surface area (Å²) in [6.45, 7) is 0. The lowest BCUT2D eigenvalue weighted by molar-refractivity contribution is -0.149. The molecule has 1 aromatic rings. The van der Waals surface area contributed by atoms with E-state index in [1.54, 1.807) is 4.68 Å². The Hall–Kier alpha value is -0.920. The van der Waals surface area contributed by atoms with Crippen LogP contribution in [-0.4, -0.2) is 29.1 Å². The number of rotatable bonds is 3. The highest BCUT2D eigenvalue weighted by Gasteiger charge is 2.37. The molecule has 6 heteroatoms. The van der Waals surface area contributed by atoms with E-state index in [0.717, 1.165) is 22.7 Å². The van der Waals surface area contributed by atoms with Crippen molar-refractivity contribution in [2.45, 2.75) is 18.9 Å². The molecular weight excluding hydrogens is 323 g/mol. The maximum atomic E-state index is 11.2. The summed E-state index contributed by atoms with van der Waals surface area (Å²) in [4.78, 5) is 21.8. The van der Waals surface area contributed by atoms with Crippen LogP contribution in [0, 0.1) is 9.49 Å². The molecule has 5 nitrogen and oxygen atoms in total. The van der Waals surface area contributed by atoms with Gasteiger partial charge in [0.25, 0.3) is 0 Å². The minimum Gasteiger partial charge on any atom is -0.469 e. The maximum absolute atomic E-state index is 11.2. The molecule has 0 saturated heterocycles. The number of hydrogen-bond donors (Lipinski definition) is 0. The predicted octanol–water partition coefficient (Wildman–Crippen LogP) is 1.42. The van der Waals surface area contributed by atoms with E-state index in [9.17, 15) is 9.59 Å². The van der Waals surface area contributed by atoms with Gasteiger partial charge in [0.2, 0.25) is 0 Å². The molecule has 2 rings (SSSR count). The molecule has 1 aliphatic rings. The quantitative estimate of drug-likeness (QED) is 0.477. The van der Waals surface area contributed by atoms with E-state index in [1.165, 1.54) is 7.11 Å². The van der Waals surface area contributed by atoms with Gasteiger partial charge in [-0.2, -0.15) is 5.10 Å². The van der Waals surface area contributed by atoms with Crippen LogP contribution in [0.3, 0.4) is 0 Å².